The molecule has 0 saturated carbocycles. The zero-order valence-corrected chi connectivity index (χ0v) is 15.0. The SMILES string of the molecule is C=S1(=O)C[C@@](C)(c2sc(Br)cc2Cl)N=C(N)C1(C)C. The smallest absolute Gasteiger partial charge is 0.113 e. The Balaban J connectivity index is 2.65. The van der Waals surface area contributed by atoms with Gasteiger partial charge in [0.2, 0.25) is 0 Å². The van der Waals surface area contributed by atoms with Crippen molar-refractivity contribution in [3.8, 4) is 0 Å². The van der Waals surface area contributed by atoms with Gasteiger partial charge in [0, 0.05) is 5.75 Å². The lowest BCUT2D eigenvalue weighted by Gasteiger charge is -2.40. The maximum Gasteiger partial charge on any atom is 0.113 e. The second-order valence-corrected chi connectivity index (χ2v) is 11.2. The molecule has 106 valence electrons. The Morgan fingerprint density at radius 3 is 2.58 bits per heavy atom. The van der Waals surface area contributed by atoms with E-state index in [1.54, 1.807) is 0 Å². The molecule has 1 aliphatic heterocycles. The van der Waals surface area contributed by atoms with Crippen molar-refractivity contribution in [2.75, 3.05) is 5.75 Å². The quantitative estimate of drug-likeness (QED) is 0.757. The number of halogens is 2. The zero-order valence-electron chi connectivity index (χ0n) is 11.0. The number of hydrogen-bond acceptors (Lipinski definition) is 4. The molecule has 2 N–H and O–H groups in total. The molecule has 7 heteroatoms. The van der Waals surface area contributed by atoms with E-state index in [9.17, 15) is 4.21 Å². The van der Waals surface area contributed by atoms with Gasteiger partial charge < -0.3 is 5.73 Å². The molecule has 0 amide bonds. The standard InChI is InChI=1S/C12H16BrClN2OS2/c1-11(2)10(15)16-12(3,6-19(11,4)17)9-7(14)5-8(13)18-9/h5H,4,6H2,1-3H3,(H2,15,16)/t12-,19?/m0/s1. The first-order valence-corrected chi connectivity index (χ1v) is 9.53. The summed E-state index contributed by atoms with van der Waals surface area (Å²) in [4.78, 5) is 5.46. The monoisotopic (exact) mass is 382 g/mol. The Labute approximate surface area is 131 Å². The van der Waals surface area contributed by atoms with Gasteiger partial charge in [-0.25, -0.2) is 0 Å². The average Bonchev–Trinajstić information content (AvgIpc) is 2.55. The highest BCUT2D eigenvalue weighted by atomic mass is 79.9. The first-order chi connectivity index (χ1) is 8.49. The van der Waals surface area contributed by atoms with Crippen LogP contribution in [0.5, 0.6) is 0 Å². The van der Waals surface area contributed by atoms with Crippen molar-refractivity contribution in [2.45, 2.75) is 31.1 Å². The number of amidine groups is 1. The van der Waals surface area contributed by atoms with Gasteiger partial charge in [0.05, 0.1) is 18.4 Å². The molecular formula is C12H16BrClN2OS2. The molecule has 0 aromatic carbocycles. The molecule has 0 bridgehead atoms. The Bertz CT molecular complexity index is 663. The fourth-order valence-corrected chi connectivity index (χ4v) is 6.28. The van der Waals surface area contributed by atoms with Crippen molar-refractivity contribution in [3.63, 3.8) is 0 Å². The minimum atomic E-state index is -2.40. The van der Waals surface area contributed by atoms with E-state index >= 15 is 0 Å². The minimum absolute atomic E-state index is 0.348. The van der Waals surface area contributed by atoms with E-state index in [2.05, 4.69) is 26.8 Å². The number of thiophene rings is 1. The summed E-state index contributed by atoms with van der Waals surface area (Å²) in [5.41, 5.74) is 5.36. The van der Waals surface area contributed by atoms with Crippen LogP contribution in [0.15, 0.2) is 14.8 Å². The van der Waals surface area contributed by atoms with Gasteiger partial charge >= 0.3 is 0 Å². The zero-order chi connectivity index (χ0) is 14.6. The third-order valence-electron chi connectivity index (χ3n) is 3.57. The third kappa shape index (κ3) is 2.37. The third-order valence-corrected chi connectivity index (χ3v) is 8.97. The molecule has 0 aliphatic carbocycles. The van der Waals surface area contributed by atoms with E-state index in [-0.39, 0.29) is 0 Å². The van der Waals surface area contributed by atoms with Crippen LogP contribution in [0.25, 0.3) is 0 Å². The highest BCUT2D eigenvalue weighted by Gasteiger charge is 2.46. The number of nitrogens with two attached hydrogens (primary N) is 1. The molecule has 1 aromatic rings. The summed E-state index contributed by atoms with van der Waals surface area (Å²) in [6, 6.07) is 1.82. The molecule has 0 saturated heterocycles. The Kier molecular flexibility index (Phi) is 3.62. The van der Waals surface area contributed by atoms with Crippen LogP contribution >= 0.6 is 38.9 Å². The summed E-state index contributed by atoms with van der Waals surface area (Å²) in [6.07, 6.45) is 0. The summed E-state index contributed by atoms with van der Waals surface area (Å²) in [6.45, 7) is 5.56. The summed E-state index contributed by atoms with van der Waals surface area (Å²) < 4.78 is 13.1. The van der Waals surface area contributed by atoms with Crippen LogP contribution in [-0.4, -0.2) is 26.4 Å². The molecule has 2 atom stereocenters. The Morgan fingerprint density at radius 1 is 1.58 bits per heavy atom. The summed E-state index contributed by atoms with van der Waals surface area (Å²) in [7, 11) is -2.40. The summed E-state index contributed by atoms with van der Waals surface area (Å²) in [5.74, 6) is 4.63. The summed E-state index contributed by atoms with van der Waals surface area (Å²) >= 11 is 11.1. The Hall–Kier alpha value is -0.0400. The van der Waals surface area contributed by atoms with E-state index in [1.165, 1.54) is 11.3 Å². The average molecular weight is 384 g/mol. The van der Waals surface area contributed by atoms with Crippen LogP contribution < -0.4 is 5.73 Å². The molecule has 0 radical (unpaired) electrons. The van der Waals surface area contributed by atoms with Gasteiger partial charge in [-0.3, -0.25) is 9.20 Å². The number of nitrogens with zero attached hydrogens (tertiary/aromatic N) is 1. The fourth-order valence-electron chi connectivity index (χ4n) is 2.08. The first kappa shape index (κ1) is 15.4. The van der Waals surface area contributed by atoms with Gasteiger partial charge in [0.25, 0.3) is 0 Å². The van der Waals surface area contributed by atoms with Crippen molar-refractivity contribution in [2.24, 2.45) is 10.7 Å². The van der Waals surface area contributed by atoms with E-state index in [0.29, 0.717) is 16.6 Å². The lowest BCUT2D eigenvalue weighted by Crippen LogP contribution is -2.54. The van der Waals surface area contributed by atoms with E-state index in [4.69, 9.17) is 17.3 Å². The normalized spacial score (nSPS) is 34.1. The minimum Gasteiger partial charge on any atom is -0.386 e. The van der Waals surface area contributed by atoms with E-state index in [1.807, 2.05) is 26.8 Å². The molecule has 2 heterocycles. The van der Waals surface area contributed by atoms with Crippen LogP contribution in [0.2, 0.25) is 5.02 Å². The predicted molar refractivity (Wildman–Crippen MR) is 90.2 cm³/mol. The van der Waals surface area contributed by atoms with Crippen LogP contribution in [0.4, 0.5) is 0 Å². The van der Waals surface area contributed by atoms with Crippen LogP contribution in [0.1, 0.15) is 25.6 Å². The van der Waals surface area contributed by atoms with Crippen molar-refractivity contribution in [1.29, 1.82) is 0 Å². The van der Waals surface area contributed by atoms with Crippen molar-refractivity contribution < 1.29 is 4.21 Å². The molecular weight excluding hydrogens is 368 g/mol. The summed E-state index contributed by atoms with van der Waals surface area (Å²) in [5, 5.41) is 0.617. The molecule has 1 unspecified atom stereocenters. The van der Waals surface area contributed by atoms with Crippen molar-refractivity contribution >= 4 is 60.1 Å². The fraction of sp³-hybridized carbons (Fsp3) is 0.500. The molecule has 3 nitrogen and oxygen atoms in total. The predicted octanol–water partition coefficient (Wildman–Crippen LogP) is 3.25. The largest absolute Gasteiger partial charge is 0.386 e. The highest BCUT2D eigenvalue weighted by Crippen LogP contribution is 2.44. The molecule has 19 heavy (non-hydrogen) atoms. The van der Waals surface area contributed by atoms with Crippen LogP contribution in [-0.2, 0) is 15.1 Å². The first-order valence-electron chi connectivity index (χ1n) is 5.65. The van der Waals surface area contributed by atoms with Gasteiger partial charge in [-0.15, -0.1) is 11.3 Å². The lowest BCUT2D eigenvalue weighted by atomic mass is 10.0. The van der Waals surface area contributed by atoms with Crippen molar-refractivity contribution in [1.82, 2.24) is 0 Å². The lowest BCUT2D eigenvalue weighted by molar-refractivity contribution is 0.543. The van der Waals surface area contributed by atoms with Gasteiger partial charge in [0.15, 0.2) is 0 Å². The van der Waals surface area contributed by atoms with Crippen LogP contribution in [0.3, 0.4) is 0 Å². The Morgan fingerprint density at radius 2 is 2.16 bits per heavy atom. The van der Waals surface area contributed by atoms with Gasteiger partial charge in [-0.2, -0.15) is 0 Å². The maximum absolute atomic E-state index is 12.9. The van der Waals surface area contributed by atoms with Crippen molar-refractivity contribution in [3.05, 3.63) is 19.8 Å². The molecule has 0 spiro atoms. The van der Waals surface area contributed by atoms with Gasteiger partial charge in [-0.05, 0) is 58.2 Å². The maximum atomic E-state index is 12.9. The number of hydrogen-bond donors (Lipinski definition) is 1. The second-order valence-electron chi connectivity index (χ2n) is 5.46. The second kappa shape index (κ2) is 4.48. The van der Waals surface area contributed by atoms with Crippen LogP contribution in [0, 0.1) is 0 Å². The van der Waals surface area contributed by atoms with E-state index < -0.39 is 19.8 Å². The number of rotatable bonds is 1. The molecule has 2 rings (SSSR count). The van der Waals surface area contributed by atoms with Gasteiger partial charge in [-0.1, -0.05) is 11.6 Å². The molecule has 1 aromatic heterocycles. The number of aliphatic imine (C=N–C) groups is 1. The topological polar surface area (TPSA) is 55.5 Å². The highest BCUT2D eigenvalue weighted by molar-refractivity contribution is 9.11. The van der Waals surface area contributed by atoms with E-state index in [0.717, 1.165) is 8.66 Å². The van der Waals surface area contributed by atoms with Gasteiger partial charge in [0.1, 0.15) is 11.4 Å². The molecule has 1 aliphatic rings. The molecule has 0 fully saturated rings.